The van der Waals surface area contributed by atoms with Crippen molar-refractivity contribution in [2.45, 2.75) is 13.0 Å². The number of para-hydroxylation sites is 1. The minimum absolute atomic E-state index is 0.136. The Labute approximate surface area is 154 Å². The van der Waals surface area contributed by atoms with E-state index in [4.69, 9.17) is 16.3 Å². The molecule has 0 radical (unpaired) electrons. The third-order valence-corrected chi connectivity index (χ3v) is 3.52. The summed E-state index contributed by atoms with van der Waals surface area (Å²) in [6, 6.07) is 12.5. The number of nitrogens with zero attached hydrogens (tertiary/aromatic N) is 1. The first-order valence-corrected chi connectivity index (χ1v) is 7.93. The number of ether oxygens (including phenoxy) is 1. The Morgan fingerprint density at radius 3 is 2.65 bits per heavy atom. The number of rotatable bonds is 6. The minimum Gasteiger partial charge on any atom is -0.449 e. The number of amides is 1. The second-order valence-electron chi connectivity index (χ2n) is 5.23. The smallest absolute Gasteiger partial charge is 0.331 e. The lowest BCUT2D eigenvalue weighted by atomic mass is 10.1. The predicted molar refractivity (Wildman–Crippen MR) is 97.8 cm³/mol. The van der Waals surface area contributed by atoms with Crippen LogP contribution in [0.15, 0.2) is 54.6 Å². The van der Waals surface area contributed by atoms with Crippen LogP contribution in [-0.4, -0.2) is 22.9 Å². The van der Waals surface area contributed by atoms with E-state index in [1.807, 2.05) is 0 Å². The van der Waals surface area contributed by atoms with Gasteiger partial charge in [-0.25, -0.2) is 4.79 Å². The number of nitro benzene ring substituents is 1. The van der Waals surface area contributed by atoms with Crippen LogP contribution in [0.4, 0.5) is 11.4 Å². The summed E-state index contributed by atoms with van der Waals surface area (Å²) < 4.78 is 5.00. The molecule has 8 heteroatoms. The van der Waals surface area contributed by atoms with Crippen LogP contribution in [0.5, 0.6) is 0 Å². The molecule has 2 rings (SSSR count). The highest BCUT2D eigenvalue weighted by Crippen LogP contribution is 2.19. The van der Waals surface area contributed by atoms with Gasteiger partial charge in [-0.3, -0.25) is 14.9 Å². The number of esters is 1. The predicted octanol–water partition coefficient (Wildman–Crippen LogP) is 3.83. The molecule has 0 saturated heterocycles. The number of anilines is 1. The first kappa shape index (κ1) is 19.1. The van der Waals surface area contributed by atoms with E-state index in [1.54, 1.807) is 30.3 Å². The van der Waals surface area contributed by atoms with E-state index in [0.717, 1.165) is 6.08 Å². The van der Waals surface area contributed by atoms with E-state index in [2.05, 4.69) is 5.32 Å². The molecule has 0 fully saturated rings. The normalized spacial score (nSPS) is 11.8. The lowest BCUT2D eigenvalue weighted by molar-refractivity contribution is -0.385. The molecule has 0 spiro atoms. The van der Waals surface area contributed by atoms with Gasteiger partial charge in [-0.15, -0.1) is 0 Å². The van der Waals surface area contributed by atoms with Crippen LogP contribution >= 0.6 is 11.6 Å². The molecule has 0 saturated carbocycles. The summed E-state index contributed by atoms with van der Waals surface area (Å²) in [5.74, 6) is -1.32. The van der Waals surface area contributed by atoms with E-state index >= 15 is 0 Å². The molecule has 0 aliphatic rings. The monoisotopic (exact) mass is 374 g/mol. The minimum atomic E-state index is -1.06. The average molecular weight is 375 g/mol. The zero-order valence-corrected chi connectivity index (χ0v) is 14.5. The Morgan fingerprint density at radius 2 is 1.96 bits per heavy atom. The van der Waals surface area contributed by atoms with Gasteiger partial charge < -0.3 is 10.1 Å². The number of benzene rings is 2. The summed E-state index contributed by atoms with van der Waals surface area (Å²) in [5.41, 5.74) is 0.592. The third-order valence-electron chi connectivity index (χ3n) is 3.29. The Balaban J connectivity index is 1.96. The summed E-state index contributed by atoms with van der Waals surface area (Å²) in [4.78, 5) is 34.2. The van der Waals surface area contributed by atoms with E-state index in [9.17, 15) is 19.7 Å². The van der Waals surface area contributed by atoms with Crippen LogP contribution in [0.3, 0.4) is 0 Å². The molecule has 26 heavy (non-hydrogen) atoms. The first-order chi connectivity index (χ1) is 12.4. The van der Waals surface area contributed by atoms with Gasteiger partial charge in [0.05, 0.1) is 10.5 Å². The van der Waals surface area contributed by atoms with Crippen molar-refractivity contribution in [1.82, 2.24) is 0 Å². The standard InChI is InChI=1S/C18H15ClN2O5/c1-12(18(23)20-15-7-4-6-14(19)11-15)26-17(22)10-9-13-5-2-3-8-16(13)21(24)25/h2-12H,1H3,(H,20,23)/b10-9+/t12-/m1/s1. The van der Waals surface area contributed by atoms with Crippen molar-refractivity contribution in [3.05, 3.63) is 75.3 Å². The van der Waals surface area contributed by atoms with Crippen molar-refractivity contribution >= 4 is 40.9 Å². The molecular formula is C18H15ClN2O5. The SMILES string of the molecule is C[C@@H](OC(=O)/C=C/c1ccccc1[N+](=O)[O-])C(=O)Nc1cccc(Cl)c1. The summed E-state index contributed by atoms with van der Waals surface area (Å²) in [5, 5.41) is 14.0. The molecular weight excluding hydrogens is 360 g/mol. The number of hydrogen-bond donors (Lipinski definition) is 1. The largest absolute Gasteiger partial charge is 0.449 e. The van der Waals surface area contributed by atoms with Crippen molar-refractivity contribution < 1.29 is 19.2 Å². The summed E-state index contributed by atoms with van der Waals surface area (Å²) in [6.07, 6.45) is 1.24. The Hall–Kier alpha value is -3.19. The van der Waals surface area contributed by atoms with Crippen LogP contribution in [0.2, 0.25) is 5.02 Å². The highest BCUT2D eigenvalue weighted by atomic mass is 35.5. The summed E-state index contributed by atoms with van der Waals surface area (Å²) in [7, 11) is 0. The zero-order valence-electron chi connectivity index (χ0n) is 13.7. The van der Waals surface area contributed by atoms with Gasteiger partial charge in [0.2, 0.25) is 0 Å². The van der Waals surface area contributed by atoms with Crippen LogP contribution < -0.4 is 5.32 Å². The van der Waals surface area contributed by atoms with Gasteiger partial charge in [-0.05, 0) is 37.3 Å². The highest BCUT2D eigenvalue weighted by molar-refractivity contribution is 6.30. The van der Waals surface area contributed by atoms with Crippen molar-refractivity contribution in [3.63, 3.8) is 0 Å². The third kappa shape index (κ3) is 5.42. The molecule has 134 valence electrons. The molecule has 0 aromatic heterocycles. The van der Waals surface area contributed by atoms with Gasteiger partial charge in [0.15, 0.2) is 6.10 Å². The zero-order chi connectivity index (χ0) is 19.1. The molecule has 1 amide bonds. The van der Waals surface area contributed by atoms with Gasteiger partial charge in [-0.2, -0.15) is 0 Å². The fourth-order valence-corrected chi connectivity index (χ4v) is 2.22. The number of carbonyl (C=O) groups excluding carboxylic acids is 2. The van der Waals surface area contributed by atoms with Gasteiger partial charge in [-0.1, -0.05) is 29.8 Å². The number of nitro groups is 1. The van der Waals surface area contributed by atoms with Gasteiger partial charge in [0.1, 0.15) is 0 Å². The quantitative estimate of drug-likeness (QED) is 0.358. The molecule has 0 bridgehead atoms. The Bertz CT molecular complexity index is 866. The van der Waals surface area contributed by atoms with Crippen LogP contribution in [0.25, 0.3) is 6.08 Å². The molecule has 0 heterocycles. The van der Waals surface area contributed by atoms with Crippen molar-refractivity contribution in [3.8, 4) is 0 Å². The van der Waals surface area contributed by atoms with Crippen LogP contribution in [0, 0.1) is 10.1 Å². The van der Waals surface area contributed by atoms with Gasteiger partial charge in [0.25, 0.3) is 11.6 Å². The van der Waals surface area contributed by atoms with E-state index in [-0.39, 0.29) is 11.3 Å². The Kier molecular flexibility index (Phi) is 6.46. The number of nitrogens with one attached hydrogen (secondary N) is 1. The van der Waals surface area contributed by atoms with Crippen molar-refractivity contribution in [2.75, 3.05) is 5.32 Å². The molecule has 0 unspecified atom stereocenters. The Morgan fingerprint density at radius 1 is 1.23 bits per heavy atom. The van der Waals surface area contributed by atoms with Crippen molar-refractivity contribution in [2.24, 2.45) is 0 Å². The maximum Gasteiger partial charge on any atom is 0.331 e. The summed E-state index contributed by atoms with van der Waals surface area (Å²) >= 11 is 5.83. The van der Waals surface area contributed by atoms with E-state index in [1.165, 1.54) is 31.2 Å². The fourth-order valence-electron chi connectivity index (χ4n) is 2.03. The van der Waals surface area contributed by atoms with Crippen molar-refractivity contribution in [1.29, 1.82) is 0 Å². The number of hydrogen-bond acceptors (Lipinski definition) is 5. The fraction of sp³-hybridized carbons (Fsp3) is 0.111. The van der Waals surface area contributed by atoms with E-state index < -0.39 is 22.9 Å². The molecule has 0 aliphatic carbocycles. The molecule has 7 nitrogen and oxygen atoms in total. The summed E-state index contributed by atoms with van der Waals surface area (Å²) in [6.45, 7) is 1.41. The lowest BCUT2D eigenvalue weighted by Crippen LogP contribution is -2.29. The first-order valence-electron chi connectivity index (χ1n) is 7.55. The maximum absolute atomic E-state index is 12.0. The lowest BCUT2D eigenvalue weighted by Gasteiger charge is -2.12. The number of halogens is 1. The maximum atomic E-state index is 12.0. The number of carbonyl (C=O) groups is 2. The van der Waals surface area contributed by atoms with Crippen LogP contribution in [-0.2, 0) is 14.3 Å². The second-order valence-corrected chi connectivity index (χ2v) is 5.66. The van der Waals surface area contributed by atoms with Gasteiger partial charge >= 0.3 is 5.97 Å². The molecule has 2 aromatic rings. The average Bonchev–Trinajstić information content (AvgIpc) is 2.60. The van der Waals surface area contributed by atoms with Gasteiger partial charge in [0, 0.05) is 22.9 Å². The molecule has 1 atom stereocenters. The molecule has 1 N–H and O–H groups in total. The van der Waals surface area contributed by atoms with E-state index in [0.29, 0.717) is 10.7 Å². The second kappa shape index (κ2) is 8.77. The molecule has 2 aromatic carbocycles. The van der Waals surface area contributed by atoms with Crippen LogP contribution in [0.1, 0.15) is 12.5 Å². The topological polar surface area (TPSA) is 98.5 Å². The molecule has 0 aliphatic heterocycles. The highest BCUT2D eigenvalue weighted by Gasteiger charge is 2.17.